The number of benzene rings is 1. The summed E-state index contributed by atoms with van der Waals surface area (Å²) in [6.45, 7) is 3.92. The Morgan fingerprint density at radius 1 is 1.35 bits per heavy atom. The zero-order chi connectivity index (χ0) is 17.0. The van der Waals surface area contributed by atoms with E-state index in [0.29, 0.717) is 30.6 Å². The summed E-state index contributed by atoms with van der Waals surface area (Å²) in [5.74, 6) is 0.598. The molecule has 1 atom stereocenters. The van der Waals surface area contributed by atoms with E-state index in [1.807, 2.05) is 13.8 Å². The van der Waals surface area contributed by atoms with Crippen LogP contribution in [0.15, 0.2) is 29.3 Å². The Labute approximate surface area is 138 Å². The zero-order valence-electron chi connectivity index (χ0n) is 13.2. The van der Waals surface area contributed by atoms with Crippen molar-refractivity contribution in [3.8, 4) is 0 Å². The summed E-state index contributed by atoms with van der Waals surface area (Å²) in [5.41, 5.74) is 0.00549. The fourth-order valence-electron chi connectivity index (χ4n) is 2.55. The minimum atomic E-state index is -4.33. The van der Waals surface area contributed by atoms with Crippen molar-refractivity contribution in [1.29, 1.82) is 0 Å². The first kappa shape index (κ1) is 18.0. The smallest absolute Gasteiger partial charge is 0.299 e. The molecule has 0 amide bonds. The number of carbonyl (C=O) groups is 1. The first-order chi connectivity index (χ1) is 10.8. The molecule has 1 aliphatic rings. The Morgan fingerprint density at radius 3 is 2.74 bits per heavy atom. The van der Waals surface area contributed by atoms with Gasteiger partial charge in [0.15, 0.2) is 0 Å². The van der Waals surface area contributed by atoms with Gasteiger partial charge in [0.2, 0.25) is 0 Å². The lowest BCUT2D eigenvalue weighted by atomic mass is 9.94. The average molecular weight is 343 g/mol. The van der Waals surface area contributed by atoms with Crippen molar-refractivity contribution in [3.63, 3.8) is 0 Å². The Kier molecular flexibility index (Phi) is 5.89. The maximum atomic E-state index is 12.8. The molecule has 6 heteroatoms. The molecule has 1 unspecified atom stereocenters. The van der Waals surface area contributed by atoms with Gasteiger partial charge in [-0.05, 0) is 38.3 Å². The second-order valence-corrected chi connectivity index (χ2v) is 7.02. The van der Waals surface area contributed by atoms with E-state index >= 15 is 0 Å². The summed E-state index contributed by atoms with van der Waals surface area (Å²) >= 11 is 1.44. The lowest BCUT2D eigenvalue weighted by molar-refractivity contribution is -0.137. The van der Waals surface area contributed by atoms with Gasteiger partial charge in [0.1, 0.15) is 5.78 Å². The number of aliphatic imine (C=N–C) groups is 1. The highest BCUT2D eigenvalue weighted by Crippen LogP contribution is 2.32. The predicted molar refractivity (Wildman–Crippen MR) is 87.9 cm³/mol. The van der Waals surface area contributed by atoms with Crippen LogP contribution >= 0.6 is 11.8 Å². The summed E-state index contributed by atoms with van der Waals surface area (Å²) in [6.07, 6.45) is -2.74. The molecule has 0 aromatic heterocycles. The molecule has 0 spiro atoms. The zero-order valence-corrected chi connectivity index (χ0v) is 14.0. The molecule has 23 heavy (non-hydrogen) atoms. The Morgan fingerprint density at radius 2 is 2.09 bits per heavy atom. The monoisotopic (exact) mass is 343 g/mol. The fourth-order valence-corrected chi connectivity index (χ4v) is 3.72. The van der Waals surface area contributed by atoms with Gasteiger partial charge in [-0.1, -0.05) is 18.2 Å². The summed E-state index contributed by atoms with van der Waals surface area (Å²) in [4.78, 5) is 16.3. The summed E-state index contributed by atoms with van der Waals surface area (Å²) < 4.78 is 38.5. The highest BCUT2D eigenvalue weighted by molar-refractivity contribution is 8.14. The second-order valence-electron chi connectivity index (χ2n) is 6.03. The Balaban J connectivity index is 2.23. The topological polar surface area (TPSA) is 29.4 Å². The molecule has 1 aliphatic heterocycles. The first-order valence-electron chi connectivity index (χ1n) is 7.64. The van der Waals surface area contributed by atoms with Gasteiger partial charge in [0.25, 0.3) is 0 Å². The molecule has 126 valence electrons. The number of alkyl halides is 3. The van der Waals surface area contributed by atoms with E-state index in [4.69, 9.17) is 0 Å². The standard InChI is InChI=1S/C17H20F3NOS/c1-11(2)21-16-13(6-7-15(22)10-23-16)8-12-4-3-5-14(9-12)17(18,19)20/h3-5,9,11,13H,6-8,10H2,1-2H3/b21-16-. The maximum absolute atomic E-state index is 12.8. The van der Waals surface area contributed by atoms with Crippen LogP contribution in [0.1, 0.15) is 37.8 Å². The minimum absolute atomic E-state index is 0.0114. The normalized spacial score (nSPS) is 21.7. The van der Waals surface area contributed by atoms with Gasteiger partial charge in [0, 0.05) is 18.4 Å². The molecule has 1 heterocycles. The number of ketones is 1. The van der Waals surface area contributed by atoms with Crippen LogP contribution in [0.4, 0.5) is 13.2 Å². The summed E-state index contributed by atoms with van der Waals surface area (Å²) in [6, 6.07) is 5.53. The number of Topliss-reactive ketones (excluding diaryl/α,β-unsaturated/α-hetero) is 1. The lowest BCUT2D eigenvalue weighted by Gasteiger charge is -2.18. The minimum Gasteiger partial charge on any atom is -0.299 e. The average Bonchev–Trinajstić information content (AvgIpc) is 2.62. The van der Waals surface area contributed by atoms with E-state index in [2.05, 4.69) is 4.99 Å². The molecule has 0 bridgehead atoms. The van der Waals surface area contributed by atoms with E-state index in [9.17, 15) is 18.0 Å². The van der Waals surface area contributed by atoms with Crippen LogP contribution in [0.5, 0.6) is 0 Å². The SMILES string of the molecule is CC(C)/N=C1\SCC(=O)CCC1Cc1cccc(C(F)(F)F)c1. The third-order valence-electron chi connectivity index (χ3n) is 3.62. The Bertz CT molecular complexity index is 596. The van der Waals surface area contributed by atoms with Gasteiger partial charge in [-0.2, -0.15) is 13.2 Å². The number of hydrogen-bond donors (Lipinski definition) is 0. The Hall–Kier alpha value is -1.30. The summed E-state index contributed by atoms with van der Waals surface area (Å²) in [7, 11) is 0. The van der Waals surface area contributed by atoms with Crippen LogP contribution in [0.2, 0.25) is 0 Å². The van der Waals surface area contributed by atoms with Gasteiger partial charge < -0.3 is 0 Å². The highest BCUT2D eigenvalue weighted by Gasteiger charge is 2.31. The van der Waals surface area contributed by atoms with Crippen LogP contribution in [0.25, 0.3) is 0 Å². The second kappa shape index (κ2) is 7.51. The van der Waals surface area contributed by atoms with Crippen molar-refractivity contribution in [1.82, 2.24) is 0 Å². The number of nitrogens with zero attached hydrogens (tertiary/aromatic N) is 1. The van der Waals surface area contributed by atoms with E-state index in [0.717, 1.165) is 11.1 Å². The van der Waals surface area contributed by atoms with E-state index in [1.165, 1.54) is 23.9 Å². The van der Waals surface area contributed by atoms with Gasteiger partial charge in [0.05, 0.1) is 16.4 Å². The van der Waals surface area contributed by atoms with Gasteiger partial charge in [-0.25, -0.2) is 0 Å². The van der Waals surface area contributed by atoms with Crippen LogP contribution in [0.3, 0.4) is 0 Å². The molecule has 0 radical (unpaired) electrons. The number of hydrogen-bond acceptors (Lipinski definition) is 3. The number of carbonyl (C=O) groups excluding carboxylic acids is 1. The molecule has 0 N–H and O–H groups in total. The molecular formula is C17H20F3NOS. The molecule has 1 fully saturated rings. The van der Waals surface area contributed by atoms with Crippen LogP contribution in [0, 0.1) is 5.92 Å². The van der Waals surface area contributed by atoms with Crippen molar-refractivity contribution in [2.45, 2.75) is 45.3 Å². The van der Waals surface area contributed by atoms with E-state index in [-0.39, 0.29) is 17.7 Å². The number of thioether (sulfide) groups is 1. The lowest BCUT2D eigenvalue weighted by Crippen LogP contribution is -2.16. The van der Waals surface area contributed by atoms with Crippen molar-refractivity contribution in [2.75, 3.05) is 5.75 Å². The van der Waals surface area contributed by atoms with Crippen molar-refractivity contribution >= 4 is 22.6 Å². The van der Waals surface area contributed by atoms with Crippen molar-refractivity contribution in [2.24, 2.45) is 10.9 Å². The molecule has 2 nitrogen and oxygen atoms in total. The van der Waals surface area contributed by atoms with Crippen LogP contribution in [-0.4, -0.2) is 22.6 Å². The quantitative estimate of drug-likeness (QED) is 0.791. The first-order valence-corrected chi connectivity index (χ1v) is 8.62. The van der Waals surface area contributed by atoms with Crippen LogP contribution in [-0.2, 0) is 17.4 Å². The molecule has 2 rings (SSSR count). The number of halogens is 3. The predicted octanol–water partition coefficient (Wildman–Crippen LogP) is 4.77. The van der Waals surface area contributed by atoms with Gasteiger partial charge in [-0.15, -0.1) is 11.8 Å². The molecule has 1 aromatic rings. The van der Waals surface area contributed by atoms with Crippen molar-refractivity contribution in [3.05, 3.63) is 35.4 Å². The molecule has 1 aromatic carbocycles. The van der Waals surface area contributed by atoms with Gasteiger partial charge >= 0.3 is 6.18 Å². The molecule has 0 aliphatic carbocycles. The van der Waals surface area contributed by atoms with Gasteiger partial charge in [-0.3, -0.25) is 9.79 Å². The van der Waals surface area contributed by atoms with Crippen LogP contribution < -0.4 is 0 Å². The molecule has 0 saturated carbocycles. The fraction of sp³-hybridized carbons (Fsp3) is 0.529. The third-order valence-corrected chi connectivity index (χ3v) is 4.82. The van der Waals surface area contributed by atoms with Crippen molar-refractivity contribution < 1.29 is 18.0 Å². The number of rotatable bonds is 3. The molecular weight excluding hydrogens is 323 g/mol. The maximum Gasteiger partial charge on any atom is 0.416 e. The molecule has 1 saturated heterocycles. The third kappa shape index (κ3) is 5.37. The van der Waals surface area contributed by atoms with E-state index < -0.39 is 11.7 Å². The largest absolute Gasteiger partial charge is 0.416 e. The summed E-state index contributed by atoms with van der Waals surface area (Å²) in [5, 5.41) is 0.892. The highest BCUT2D eigenvalue weighted by atomic mass is 32.2. The van der Waals surface area contributed by atoms with E-state index in [1.54, 1.807) is 6.07 Å².